The van der Waals surface area contributed by atoms with Crippen molar-refractivity contribution in [2.75, 3.05) is 27.3 Å². The fraction of sp³-hybridized carbons (Fsp3) is 0.500. The summed E-state index contributed by atoms with van der Waals surface area (Å²) in [5.41, 5.74) is 0.709. The van der Waals surface area contributed by atoms with E-state index < -0.39 is 15.8 Å². The van der Waals surface area contributed by atoms with E-state index in [-0.39, 0.29) is 4.90 Å². The Kier molecular flexibility index (Phi) is 5.25. The van der Waals surface area contributed by atoms with Crippen LogP contribution < -0.4 is 0 Å². The second kappa shape index (κ2) is 6.26. The van der Waals surface area contributed by atoms with Crippen molar-refractivity contribution in [1.82, 2.24) is 4.31 Å². The molecule has 0 aliphatic rings. The Balaban J connectivity index is 2.95. The summed E-state index contributed by atoms with van der Waals surface area (Å²) in [5, 5.41) is 0. The highest BCUT2D eigenvalue weighted by Crippen LogP contribution is 2.19. The first-order valence-corrected chi connectivity index (χ1v) is 7.05. The van der Waals surface area contributed by atoms with Gasteiger partial charge in [0.25, 0.3) is 0 Å². The SMILES string of the molecule is COCCCN(C)S(=O)(=O)c1cc(C)ccc1F. The summed E-state index contributed by atoms with van der Waals surface area (Å²) in [7, 11) is -0.782. The van der Waals surface area contributed by atoms with Gasteiger partial charge in [-0.1, -0.05) is 6.07 Å². The third-order valence-corrected chi connectivity index (χ3v) is 4.47. The molecule has 18 heavy (non-hydrogen) atoms. The Morgan fingerprint density at radius 3 is 2.67 bits per heavy atom. The van der Waals surface area contributed by atoms with Gasteiger partial charge in [0.1, 0.15) is 10.7 Å². The number of hydrogen-bond donors (Lipinski definition) is 0. The number of benzene rings is 1. The van der Waals surface area contributed by atoms with Crippen molar-refractivity contribution >= 4 is 10.0 Å². The van der Waals surface area contributed by atoms with Crippen molar-refractivity contribution in [2.45, 2.75) is 18.2 Å². The largest absolute Gasteiger partial charge is 0.385 e. The predicted molar refractivity (Wildman–Crippen MR) is 67.4 cm³/mol. The summed E-state index contributed by atoms with van der Waals surface area (Å²) in [6.07, 6.45) is 0.569. The molecule has 0 aliphatic heterocycles. The molecule has 6 heteroatoms. The number of nitrogens with zero attached hydrogens (tertiary/aromatic N) is 1. The molecule has 0 N–H and O–H groups in total. The molecule has 0 amide bonds. The van der Waals surface area contributed by atoms with Gasteiger partial charge in [0.15, 0.2) is 0 Å². The molecule has 0 aromatic heterocycles. The molecule has 0 heterocycles. The molecule has 1 rings (SSSR count). The van der Waals surface area contributed by atoms with Gasteiger partial charge in [-0.05, 0) is 31.0 Å². The lowest BCUT2D eigenvalue weighted by molar-refractivity contribution is 0.189. The molecule has 0 atom stereocenters. The third-order valence-electron chi connectivity index (χ3n) is 2.60. The Bertz CT molecular complexity index is 502. The van der Waals surface area contributed by atoms with Crippen molar-refractivity contribution in [3.63, 3.8) is 0 Å². The topological polar surface area (TPSA) is 46.6 Å². The number of sulfonamides is 1. The monoisotopic (exact) mass is 275 g/mol. The third kappa shape index (κ3) is 3.51. The summed E-state index contributed by atoms with van der Waals surface area (Å²) in [6.45, 7) is 2.49. The lowest BCUT2D eigenvalue weighted by Gasteiger charge is -2.17. The lowest BCUT2D eigenvalue weighted by atomic mass is 10.2. The molecule has 0 unspecified atom stereocenters. The number of methoxy groups -OCH3 is 1. The Hall–Kier alpha value is -0.980. The standard InChI is InChI=1S/C12H18FNO3S/c1-10-5-6-11(13)12(9-10)18(15,16)14(2)7-4-8-17-3/h5-6,9H,4,7-8H2,1-3H3. The van der Waals surface area contributed by atoms with Gasteiger partial charge in [0.2, 0.25) is 10.0 Å². The van der Waals surface area contributed by atoms with Gasteiger partial charge in [-0.25, -0.2) is 17.1 Å². The maximum atomic E-state index is 13.6. The quantitative estimate of drug-likeness (QED) is 0.744. The van der Waals surface area contributed by atoms with Gasteiger partial charge in [-0.15, -0.1) is 0 Å². The van der Waals surface area contributed by atoms with E-state index in [4.69, 9.17) is 4.74 Å². The van der Waals surface area contributed by atoms with E-state index in [0.29, 0.717) is 25.1 Å². The number of aryl methyl sites for hydroxylation is 1. The molecular weight excluding hydrogens is 257 g/mol. The van der Waals surface area contributed by atoms with E-state index in [0.717, 1.165) is 4.31 Å². The van der Waals surface area contributed by atoms with Gasteiger partial charge in [0.05, 0.1) is 0 Å². The highest BCUT2D eigenvalue weighted by atomic mass is 32.2. The molecular formula is C12H18FNO3S. The van der Waals surface area contributed by atoms with Gasteiger partial charge in [-0.3, -0.25) is 0 Å². The highest BCUT2D eigenvalue weighted by Gasteiger charge is 2.24. The smallest absolute Gasteiger partial charge is 0.245 e. The summed E-state index contributed by atoms with van der Waals surface area (Å²) >= 11 is 0. The predicted octanol–water partition coefficient (Wildman–Crippen LogP) is 1.79. The minimum Gasteiger partial charge on any atom is -0.385 e. The van der Waals surface area contributed by atoms with Crippen LogP contribution in [0.3, 0.4) is 0 Å². The van der Waals surface area contributed by atoms with Crippen molar-refractivity contribution in [1.29, 1.82) is 0 Å². The van der Waals surface area contributed by atoms with Crippen LogP contribution in [0.4, 0.5) is 4.39 Å². The summed E-state index contributed by atoms with van der Waals surface area (Å²) in [5.74, 6) is -0.723. The fourth-order valence-corrected chi connectivity index (χ4v) is 2.88. The zero-order chi connectivity index (χ0) is 13.8. The molecule has 0 saturated heterocycles. The molecule has 0 aliphatic carbocycles. The second-order valence-corrected chi connectivity index (χ2v) is 6.12. The van der Waals surface area contributed by atoms with Gasteiger partial charge < -0.3 is 4.74 Å². The van der Waals surface area contributed by atoms with Crippen LogP contribution in [0.1, 0.15) is 12.0 Å². The maximum Gasteiger partial charge on any atom is 0.245 e. The summed E-state index contributed by atoms with van der Waals surface area (Å²) in [6, 6.07) is 4.06. The minimum absolute atomic E-state index is 0.276. The van der Waals surface area contributed by atoms with Gasteiger partial charge in [0, 0.05) is 27.3 Å². The van der Waals surface area contributed by atoms with Crippen molar-refractivity contribution in [3.05, 3.63) is 29.6 Å². The van der Waals surface area contributed by atoms with Crippen molar-refractivity contribution in [2.24, 2.45) is 0 Å². The molecule has 4 nitrogen and oxygen atoms in total. The van der Waals surface area contributed by atoms with E-state index in [2.05, 4.69) is 0 Å². The molecule has 0 saturated carbocycles. The average Bonchev–Trinajstić information content (AvgIpc) is 2.32. The number of rotatable bonds is 6. The summed E-state index contributed by atoms with van der Waals surface area (Å²) < 4.78 is 43.9. The van der Waals surface area contributed by atoms with Gasteiger partial charge >= 0.3 is 0 Å². The lowest BCUT2D eigenvalue weighted by Crippen LogP contribution is -2.29. The first-order chi connectivity index (χ1) is 8.39. The second-order valence-electron chi connectivity index (χ2n) is 4.11. The van der Waals surface area contributed by atoms with Crippen LogP contribution in [-0.2, 0) is 14.8 Å². The van der Waals surface area contributed by atoms with E-state index in [1.54, 1.807) is 20.1 Å². The van der Waals surface area contributed by atoms with Crippen LogP contribution in [0.15, 0.2) is 23.1 Å². The van der Waals surface area contributed by atoms with E-state index >= 15 is 0 Å². The fourth-order valence-electron chi connectivity index (χ4n) is 1.53. The molecule has 1 aromatic carbocycles. The van der Waals surface area contributed by atoms with Crippen molar-refractivity contribution in [3.8, 4) is 0 Å². The molecule has 0 bridgehead atoms. The molecule has 0 fully saturated rings. The van der Waals surface area contributed by atoms with E-state index in [9.17, 15) is 12.8 Å². The minimum atomic E-state index is -3.77. The molecule has 1 aromatic rings. The van der Waals surface area contributed by atoms with Crippen LogP contribution in [0.2, 0.25) is 0 Å². The Labute approximate surface area is 107 Å². The zero-order valence-electron chi connectivity index (χ0n) is 10.8. The van der Waals surface area contributed by atoms with Crippen molar-refractivity contribution < 1.29 is 17.5 Å². The highest BCUT2D eigenvalue weighted by molar-refractivity contribution is 7.89. The summed E-state index contributed by atoms with van der Waals surface area (Å²) in [4.78, 5) is -0.276. The average molecular weight is 275 g/mol. The molecule has 0 spiro atoms. The number of ether oxygens (including phenoxy) is 1. The Morgan fingerprint density at radius 1 is 1.39 bits per heavy atom. The number of halogens is 1. The number of hydrogen-bond acceptors (Lipinski definition) is 3. The first kappa shape index (κ1) is 15.1. The van der Waals surface area contributed by atoms with Crippen LogP contribution in [0.25, 0.3) is 0 Å². The maximum absolute atomic E-state index is 13.6. The Morgan fingerprint density at radius 2 is 2.06 bits per heavy atom. The molecule has 102 valence electrons. The zero-order valence-corrected chi connectivity index (χ0v) is 11.6. The molecule has 0 radical (unpaired) electrons. The van der Waals surface area contributed by atoms with Crippen LogP contribution >= 0.6 is 0 Å². The van der Waals surface area contributed by atoms with Crippen LogP contribution in [0.5, 0.6) is 0 Å². The van der Waals surface area contributed by atoms with E-state index in [1.807, 2.05) is 0 Å². The van der Waals surface area contributed by atoms with E-state index in [1.165, 1.54) is 19.2 Å². The van der Waals surface area contributed by atoms with Gasteiger partial charge in [-0.2, -0.15) is 0 Å². The van der Waals surface area contributed by atoms with Crippen LogP contribution in [0, 0.1) is 12.7 Å². The normalized spacial score (nSPS) is 12.1. The first-order valence-electron chi connectivity index (χ1n) is 5.61. The van der Waals surface area contributed by atoms with Crippen LogP contribution in [-0.4, -0.2) is 40.0 Å².